The van der Waals surface area contributed by atoms with Crippen molar-refractivity contribution >= 4 is 5.91 Å². The van der Waals surface area contributed by atoms with Crippen LogP contribution >= 0.6 is 0 Å². The standard InChI is InChI=1S/C15H11F2N5O/c16-11-7-4-8-12(17)14(11)15(23)18-9-13-19-20-21-22(13)10-5-2-1-3-6-10/h1-8H,9H2,(H,18,23). The zero-order chi connectivity index (χ0) is 16.2. The predicted octanol–water partition coefficient (Wildman–Crippen LogP) is 1.87. The lowest BCUT2D eigenvalue weighted by atomic mass is 10.2. The summed E-state index contributed by atoms with van der Waals surface area (Å²) in [6, 6.07) is 12.3. The number of hydrogen-bond acceptors (Lipinski definition) is 4. The summed E-state index contributed by atoms with van der Waals surface area (Å²) in [6.07, 6.45) is 0. The molecule has 0 fully saturated rings. The zero-order valence-electron chi connectivity index (χ0n) is 11.8. The van der Waals surface area contributed by atoms with Crippen LogP contribution in [0.2, 0.25) is 0 Å². The first-order chi connectivity index (χ1) is 11.2. The van der Waals surface area contributed by atoms with Crippen LogP contribution in [0, 0.1) is 11.6 Å². The van der Waals surface area contributed by atoms with E-state index in [1.165, 1.54) is 10.7 Å². The maximum Gasteiger partial charge on any atom is 0.257 e. The van der Waals surface area contributed by atoms with Crippen LogP contribution in [0.25, 0.3) is 5.69 Å². The van der Waals surface area contributed by atoms with Crippen LogP contribution in [0.5, 0.6) is 0 Å². The quantitative estimate of drug-likeness (QED) is 0.798. The van der Waals surface area contributed by atoms with Gasteiger partial charge in [0.15, 0.2) is 5.82 Å². The van der Waals surface area contributed by atoms with E-state index in [-0.39, 0.29) is 6.54 Å². The fourth-order valence-corrected chi connectivity index (χ4v) is 2.05. The first-order valence-electron chi connectivity index (χ1n) is 6.71. The van der Waals surface area contributed by atoms with Gasteiger partial charge in [-0.15, -0.1) is 5.10 Å². The summed E-state index contributed by atoms with van der Waals surface area (Å²) in [6.45, 7) is -0.0749. The maximum atomic E-state index is 13.6. The molecule has 6 nitrogen and oxygen atoms in total. The molecular weight excluding hydrogens is 304 g/mol. The van der Waals surface area contributed by atoms with Gasteiger partial charge in [0.1, 0.15) is 17.2 Å². The molecule has 0 saturated heterocycles. The van der Waals surface area contributed by atoms with Crippen molar-refractivity contribution in [1.29, 1.82) is 0 Å². The van der Waals surface area contributed by atoms with Gasteiger partial charge in [-0.05, 0) is 34.7 Å². The third-order valence-electron chi connectivity index (χ3n) is 3.13. The molecule has 0 aliphatic carbocycles. The minimum Gasteiger partial charge on any atom is -0.344 e. The van der Waals surface area contributed by atoms with Gasteiger partial charge in [0.05, 0.1) is 12.2 Å². The minimum atomic E-state index is -0.926. The Morgan fingerprint density at radius 3 is 2.43 bits per heavy atom. The molecule has 0 spiro atoms. The summed E-state index contributed by atoms with van der Waals surface area (Å²) in [7, 11) is 0. The molecule has 0 unspecified atom stereocenters. The van der Waals surface area contributed by atoms with E-state index in [1.54, 1.807) is 12.1 Å². The molecule has 23 heavy (non-hydrogen) atoms. The molecule has 0 atom stereocenters. The first kappa shape index (κ1) is 14.8. The summed E-state index contributed by atoms with van der Waals surface area (Å²) in [5.41, 5.74) is 0.0741. The maximum absolute atomic E-state index is 13.6. The topological polar surface area (TPSA) is 72.7 Å². The molecule has 1 aromatic heterocycles. The van der Waals surface area contributed by atoms with Crippen LogP contribution in [-0.4, -0.2) is 26.1 Å². The van der Waals surface area contributed by atoms with Crippen molar-refractivity contribution in [3.05, 3.63) is 71.6 Å². The highest BCUT2D eigenvalue weighted by molar-refractivity contribution is 5.94. The molecule has 1 amide bonds. The van der Waals surface area contributed by atoms with Crippen molar-refractivity contribution in [2.45, 2.75) is 6.54 Å². The monoisotopic (exact) mass is 315 g/mol. The van der Waals surface area contributed by atoms with Crippen molar-refractivity contribution in [2.75, 3.05) is 0 Å². The van der Waals surface area contributed by atoms with Crippen LogP contribution in [-0.2, 0) is 6.54 Å². The molecule has 8 heteroatoms. The van der Waals surface area contributed by atoms with E-state index >= 15 is 0 Å². The summed E-state index contributed by atoms with van der Waals surface area (Å²) in [4.78, 5) is 12.0. The summed E-state index contributed by atoms with van der Waals surface area (Å²) in [5.74, 6) is -2.39. The lowest BCUT2D eigenvalue weighted by Gasteiger charge is -2.07. The van der Waals surface area contributed by atoms with Crippen LogP contribution < -0.4 is 5.32 Å². The first-order valence-corrected chi connectivity index (χ1v) is 6.71. The molecule has 3 rings (SSSR count). The lowest BCUT2D eigenvalue weighted by Crippen LogP contribution is -2.26. The van der Waals surface area contributed by atoms with Crippen molar-refractivity contribution in [2.24, 2.45) is 0 Å². The van der Waals surface area contributed by atoms with E-state index < -0.39 is 23.1 Å². The number of aromatic nitrogens is 4. The van der Waals surface area contributed by atoms with Gasteiger partial charge in [-0.3, -0.25) is 4.79 Å². The number of rotatable bonds is 4. The number of carbonyl (C=O) groups is 1. The second-order valence-electron chi connectivity index (χ2n) is 4.62. The Labute approximate surface area is 129 Å². The second kappa shape index (κ2) is 6.30. The van der Waals surface area contributed by atoms with Gasteiger partial charge in [0.25, 0.3) is 5.91 Å². The third-order valence-corrected chi connectivity index (χ3v) is 3.13. The summed E-state index contributed by atoms with van der Waals surface area (Å²) < 4.78 is 28.6. The van der Waals surface area contributed by atoms with E-state index in [9.17, 15) is 13.6 Å². The molecule has 0 bridgehead atoms. The highest BCUT2D eigenvalue weighted by atomic mass is 19.1. The number of nitrogens with zero attached hydrogens (tertiary/aromatic N) is 4. The van der Waals surface area contributed by atoms with E-state index in [0.717, 1.165) is 12.1 Å². The van der Waals surface area contributed by atoms with Crippen LogP contribution in [0.1, 0.15) is 16.2 Å². The summed E-state index contributed by atoms with van der Waals surface area (Å²) >= 11 is 0. The number of halogens is 2. The zero-order valence-corrected chi connectivity index (χ0v) is 11.8. The Morgan fingerprint density at radius 1 is 1.04 bits per heavy atom. The van der Waals surface area contributed by atoms with Crippen LogP contribution in [0.15, 0.2) is 48.5 Å². The molecule has 2 aromatic carbocycles. The van der Waals surface area contributed by atoms with Gasteiger partial charge in [-0.1, -0.05) is 24.3 Å². The molecule has 0 saturated carbocycles. The van der Waals surface area contributed by atoms with Crippen LogP contribution in [0.4, 0.5) is 8.78 Å². The number of benzene rings is 2. The Balaban J connectivity index is 1.77. The fraction of sp³-hybridized carbons (Fsp3) is 0.0667. The van der Waals surface area contributed by atoms with Crippen molar-refractivity contribution in [3.8, 4) is 5.69 Å². The Morgan fingerprint density at radius 2 is 1.74 bits per heavy atom. The van der Waals surface area contributed by atoms with Gasteiger partial charge in [-0.25, -0.2) is 8.78 Å². The average molecular weight is 315 g/mol. The Bertz CT molecular complexity index is 815. The van der Waals surface area contributed by atoms with E-state index in [4.69, 9.17) is 0 Å². The molecule has 116 valence electrons. The fourth-order valence-electron chi connectivity index (χ4n) is 2.05. The molecule has 1 N–H and O–H groups in total. The number of carbonyl (C=O) groups excluding carboxylic acids is 1. The molecule has 0 radical (unpaired) electrons. The molecule has 1 heterocycles. The number of hydrogen-bond donors (Lipinski definition) is 1. The van der Waals surface area contributed by atoms with Crippen molar-refractivity contribution < 1.29 is 13.6 Å². The molecule has 0 aliphatic heterocycles. The lowest BCUT2D eigenvalue weighted by molar-refractivity contribution is 0.0941. The largest absolute Gasteiger partial charge is 0.344 e. The highest BCUT2D eigenvalue weighted by Crippen LogP contribution is 2.12. The average Bonchev–Trinajstić information content (AvgIpc) is 3.02. The number of amides is 1. The highest BCUT2D eigenvalue weighted by Gasteiger charge is 2.18. The van der Waals surface area contributed by atoms with E-state index in [0.29, 0.717) is 11.5 Å². The smallest absolute Gasteiger partial charge is 0.257 e. The van der Waals surface area contributed by atoms with Crippen molar-refractivity contribution in [3.63, 3.8) is 0 Å². The second-order valence-corrected chi connectivity index (χ2v) is 4.62. The summed E-state index contributed by atoms with van der Waals surface area (Å²) in [5, 5.41) is 13.6. The molecule has 3 aromatic rings. The predicted molar refractivity (Wildman–Crippen MR) is 76.7 cm³/mol. The SMILES string of the molecule is O=C(NCc1nnnn1-c1ccccc1)c1c(F)cccc1F. The van der Waals surface area contributed by atoms with Gasteiger partial charge in [-0.2, -0.15) is 4.68 Å². The van der Waals surface area contributed by atoms with E-state index in [1.807, 2.05) is 18.2 Å². The number of nitrogens with one attached hydrogen (secondary N) is 1. The number of tetrazole rings is 1. The minimum absolute atomic E-state index is 0.0749. The molecule has 0 aliphatic rings. The van der Waals surface area contributed by atoms with E-state index in [2.05, 4.69) is 20.8 Å². The van der Waals surface area contributed by atoms with Gasteiger partial charge < -0.3 is 5.32 Å². The Kier molecular flexibility index (Phi) is 4.05. The Hall–Kier alpha value is -3.16. The van der Waals surface area contributed by atoms with Crippen LogP contribution in [0.3, 0.4) is 0 Å². The van der Waals surface area contributed by atoms with Gasteiger partial charge in [0, 0.05) is 0 Å². The van der Waals surface area contributed by atoms with Gasteiger partial charge in [0.2, 0.25) is 0 Å². The third kappa shape index (κ3) is 3.05. The molecular formula is C15H11F2N5O. The normalized spacial score (nSPS) is 10.5. The van der Waals surface area contributed by atoms with Crippen molar-refractivity contribution in [1.82, 2.24) is 25.5 Å². The van der Waals surface area contributed by atoms with Gasteiger partial charge >= 0.3 is 0 Å². The number of para-hydroxylation sites is 1.